The molecule has 0 bridgehead atoms. The first-order chi connectivity index (χ1) is 8.40. The molecular formula is C14H20ClNO2. The Morgan fingerprint density at radius 3 is 2.67 bits per heavy atom. The third-order valence-electron chi connectivity index (χ3n) is 2.51. The molecule has 4 heteroatoms. The maximum atomic E-state index is 11.8. The summed E-state index contributed by atoms with van der Waals surface area (Å²) in [6, 6.07) is 5.40. The smallest absolute Gasteiger partial charge is 0.260 e. The second kappa shape index (κ2) is 6.64. The number of halogens is 1. The van der Waals surface area contributed by atoms with E-state index in [0.29, 0.717) is 23.2 Å². The molecule has 18 heavy (non-hydrogen) atoms. The number of amides is 1. The number of hydrogen-bond donors (Lipinski definition) is 1. The summed E-state index contributed by atoms with van der Waals surface area (Å²) in [6.07, 6.45) is -0.527. The fourth-order valence-electron chi connectivity index (χ4n) is 1.39. The quantitative estimate of drug-likeness (QED) is 0.892. The third-order valence-corrected chi connectivity index (χ3v) is 2.74. The van der Waals surface area contributed by atoms with Crippen LogP contribution in [0.4, 0.5) is 0 Å². The Kier molecular flexibility index (Phi) is 5.48. The van der Waals surface area contributed by atoms with Gasteiger partial charge in [-0.1, -0.05) is 31.5 Å². The first-order valence-electron chi connectivity index (χ1n) is 6.10. The van der Waals surface area contributed by atoms with Crippen LogP contribution in [0.1, 0.15) is 26.3 Å². The molecule has 0 fully saturated rings. The van der Waals surface area contributed by atoms with Gasteiger partial charge in [0.1, 0.15) is 5.75 Å². The fourth-order valence-corrected chi connectivity index (χ4v) is 1.56. The Hall–Kier alpha value is -1.22. The van der Waals surface area contributed by atoms with E-state index in [0.717, 1.165) is 5.56 Å². The second-order valence-corrected chi connectivity index (χ2v) is 5.25. The number of nitrogens with one attached hydrogen (secondary N) is 1. The van der Waals surface area contributed by atoms with E-state index in [4.69, 9.17) is 16.3 Å². The van der Waals surface area contributed by atoms with E-state index in [9.17, 15) is 4.79 Å². The monoisotopic (exact) mass is 269 g/mol. The SMILES string of the molecule is Cc1ccc(Cl)cc1OC(C)C(=O)NCC(C)C. The highest BCUT2D eigenvalue weighted by Gasteiger charge is 2.15. The molecule has 0 saturated heterocycles. The van der Waals surface area contributed by atoms with Gasteiger partial charge in [0.2, 0.25) is 0 Å². The molecule has 1 aromatic rings. The lowest BCUT2D eigenvalue weighted by Gasteiger charge is -2.17. The summed E-state index contributed by atoms with van der Waals surface area (Å²) < 4.78 is 5.62. The van der Waals surface area contributed by atoms with Crippen LogP contribution in [0.25, 0.3) is 0 Å². The Balaban J connectivity index is 2.60. The highest BCUT2D eigenvalue weighted by Crippen LogP contribution is 2.23. The molecule has 0 saturated carbocycles. The number of rotatable bonds is 5. The number of benzene rings is 1. The maximum Gasteiger partial charge on any atom is 0.260 e. The highest BCUT2D eigenvalue weighted by atomic mass is 35.5. The summed E-state index contributed by atoms with van der Waals surface area (Å²) in [5.74, 6) is 0.965. The molecule has 1 amide bonds. The molecule has 0 aromatic heterocycles. The van der Waals surface area contributed by atoms with Crippen LogP contribution in [-0.2, 0) is 4.79 Å². The molecule has 0 spiro atoms. The zero-order valence-electron chi connectivity index (χ0n) is 11.3. The van der Waals surface area contributed by atoms with Gasteiger partial charge in [-0.25, -0.2) is 0 Å². The summed E-state index contributed by atoms with van der Waals surface area (Å²) in [5.41, 5.74) is 0.961. The fraction of sp³-hybridized carbons (Fsp3) is 0.500. The van der Waals surface area contributed by atoms with Crippen LogP contribution >= 0.6 is 11.6 Å². The minimum Gasteiger partial charge on any atom is -0.481 e. The summed E-state index contributed by atoms with van der Waals surface area (Å²) in [5, 5.41) is 3.44. The van der Waals surface area contributed by atoms with Gasteiger partial charge in [-0.15, -0.1) is 0 Å². The van der Waals surface area contributed by atoms with Gasteiger partial charge in [-0.3, -0.25) is 4.79 Å². The maximum absolute atomic E-state index is 11.8. The van der Waals surface area contributed by atoms with Gasteiger partial charge in [0.15, 0.2) is 6.10 Å². The van der Waals surface area contributed by atoms with Gasteiger partial charge in [0, 0.05) is 11.6 Å². The van der Waals surface area contributed by atoms with Crippen LogP contribution < -0.4 is 10.1 Å². The van der Waals surface area contributed by atoms with E-state index in [1.54, 1.807) is 19.1 Å². The first-order valence-corrected chi connectivity index (χ1v) is 6.48. The number of ether oxygens (including phenoxy) is 1. The molecule has 100 valence electrons. The van der Waals surface area contributed by atoms with Crippen molar-refractivity contribution >= 4 is 17.5 Å². The van der Waals surface area contributed by atoms with Crippen molar-refractivity contribution in [3.63, 3.8) is 0 Å². The van der Waals surface area contributed by atoms with E-state index >= 15 is 0 Å². The van der Waals surface area contributed by atoms with Crippen LogP contribution in [0, 0.1) is 12.8 Å². The minimum absolute atomic E-state index is 0.108. The topological polar surface area (TPSA) is 38.3 Å². The van der Waals surface area contributed by atoms with Gasteiger partial charge in [0.25, 0.3) is 5.91 Å². The summed E-state index contributed by atoms with van der Waals surface area (Å²) >= 11 is 5.90. The molecule has 0 aliphatic heterocycles. The van der Waals surface area contributed by atoms with Gasteiger partial charge in [-0.05, 0) is 37.5 Å². The van der Waals surface area contributed by atoms with Crippen LogP contribution in [0.15, 0.2) is 18.2 Å². The molecule has 1 N–H and O–H groups in total. The van der Waals surface area contributed by atoms with Gasteiger partial charge < -0.3 is 10.1 Å². The van der Waals surface area contributed by atoms with Gasteiger partial charge in [-0.2, -0.15) is 0 Å². The normalized spacial score (nSPS) is 12.3. The van der Waals surface area contributed by atoms with E-state index in [-0.39, 0.29) is 5.91 Å². The molecule has 1 rings (SSSR count). The van der Waals surface area contributed by atoms with Crippen LogP contribution in [0.5, 0.6) is 5.75 Å². The van der Waals surface area contributed by atoms with Crippen LogP contribution in [-0.4, -0.2) is 18.6 Å². The molecule has 0 aliphatic rings. The average Bonchev–Trinajstić information content (AvgIpc) is 2.30. The molecule has 1 aromatic carbocycles. The summed E-state index contributed by atoms with van der Waals surface area (Å²) in [6.45, 7) is 8.40. The number of carbonyl (C=O) groups is 1. The molecule has 0 heterocycles. The molecule has 0 radical (unpaired) electrons. The lowest BCUT2D eigenvalue weighted by Crippen LogP contribution is -2.38. The number of hydrogen-bond acceptors (Lipinski definition) is 2. The molecule has 1 atom stereocenters. The van der Waals surface area contributed by atoms with Crippen molar-refractivity contribution in [1.82, 2.24) is 5.32 Å². The minimum atomic E-state index is -0.527. The molecule has 3 nitrogen and oxygen atoms in total. The second-order valence-electron chi connectivity index (χ2n) is 4.81. The predicted octanol–water partition coefficient (Wildman–Crippen LogP) is 3.19. The Bertz CT molecular complexity index is 418. The molecule has 1 unspecified atom stereocenters. The zero-order chi connectivity index (χ0) is 13.7. The highest BCUT2D eigenvalue weighted by molar-refractivity contribution is 6.30. The van der Waals surface area contributed by atoms with Crippen LogP contribution in [0.3, 0.4) is 0 Å². The van der Waals surface area contributed by atoms with Crippen molar-refractivity contribution in [2.45, 2.75) is 33.8 Å². The van der Waals surface area contributed by atoms with Crippen molar-refractivity contribution < 1.29 is 9.53 Å². The van der Waals surface area contributed by atoms with E-state index in [1.165, 1.54) is 0 Å². The van der Waals surface area contributed by atoms with Crippen molar-refractivity contribution in [1.29, 1.82) is 0 Å². The van der Waals surface area contributed by atoms with Crippen molar-refractivity contribution in [3.05, 3.63) is 28.8 Å². The number of aryl methyl sites for hydroxylation is 1. The lowest BCUT2D eigenvalue weighted by molar-refractivity contribution is -0.127. The number of carbonyl (C=O) groups excluding carboxylic acids is 1. The van der Waals surface area contributed by atoms with E-state index in [2.05, 4.69) is 5.32 Å². The summed E-state index contributed by atoms with van der Waals surface area (Å²) in [7, 11) is 0. The largest absolute Gasteiger partial charge is 0.481 e. The third kappa shape index (κ3) is 4.57. The van der Waals surface area contributed by atoms with Crippen molar-refractivity contribution in [3.8, 4) is 5.75 Å². The zero-order valence-corrected chi connectivity index (χ0v) is 12.0. The summed E-state index contributed by atoms with van der Waals surface area (Å²) in [4.78, 5) is 11.8. The van der Waals surface area contributed by atoms with E-state index in [1.807, 2.05) is 26.8 Å². The first kappa shape index (κ1) is 14.8. The average molecular weight is 270 g/mol. The Labute approximate surface area is 113 Å². The van der Waals surface area contributed by atoms with Gasteiger partial charge in [0.05, 0.1) is 0 Å². The van der Waals surface area contributed by atoms with Crippen molar-refractivity contribution in [2.24, 2.45) is 5.92 Å². The van der Waals surface area contributed by atoms with Crippen LogP contribution in [0.2, 0.25) is 5.02 Å². The molecular weight excluding hydrogens is 250 g/mol. The standard InChI is InChI=1S/C14H20ClNO2/c1-9(2)8-16-14(17)11(4)18-13-7-12(15)6-5-10(13)3/h5-7,9,11H,8H2,1-4H3,(H,16,17). The predicted molar refractivity (Wildman–Crippen MR) is 74.1 cm³/mol. The molecule has 0 aliphatic carbocycles. The lowest BCUT2D eigenvalue weighted by atomic mass is 10.2. The Morgan fingerprint density at radius 1 is 1.39 bits per heavy atom. The van der Waals surface area contributed by atoms with Crippen molar-refractivity contribution in [2.75, 3.05) is 6.54 Å². The Morgan fingerprint density at radius 2 is 2.06 bits per heavy atom. The van der Waals surface area contributed by atoms with E-state index < -0.39 is 6.10 Å². The van der Waals surface area contributed by atoms with Gasteiger partial charge >= 0.3 is 0 Å².